The van der Waals surface area contributed by atoms with Crippen LogP contribution in [0.5, 0.6) is 11.5 Å². The van der Waals surface area contributed by atoms with E-state index in [9.17, 15) is 19.5 Å². The van der Waals surface area contributed by atoms with Crippen LogP contribution in [0.15, 0.2) is 48.8 Å². The summed E-state index contributed by atoms with van der Waals surface area (Å²) in [5.74, 6) is 0.919. The topological polar surface area (TPSA) is 138 Å². The largest absolute Gasteiger partial charge is 0.457 e. The molecule has 0 radical (unpaired) electrons. The van der Waals surface area contributed by atoms with Gasteiger partial charge in [-0.25, -0.2) is 14.6 Å². The number of benzene rings is 1. The molecule has 0 spiro atoms. The highest BCUT2D eigenvalue weighted by Gasteiger charge is 2.27. The van der Waals surface area contributed by atoms with Crippen LogP contribution < -0.4 is 20.7 Å². The lowest BCUT2D eigenvalue weighted by Crippen LogP contribution is -2.50. The molecule has 11 nitrogen and oxygen atoms in total. The number of nitrogens with zero attached hydrogens (tertiary/aromatic N) is 3. The van der Waals surface area contributed by atoms with Crippen LogP contribution in [0.4, 0.5) is 15.4 Å². The molecule has 5 rings (SSSR count). The van der Waals surface area contributed by atoms with Crippen LogP contribution in [0.25, 0.3) is 10.9 Å². The Bertz CT molecular complexity index is 1280. The number of aromatic nitrogens is 2. The highest BCUT2D eigenvalue weighted by molar-refractivity contribution is 5.94. The highest BCUT2D eigenvalue weighted by Crippen LogP contribution is 2.28. The Morgan fingerprint density at radius 2 is 1.86 bits per heavy atom. The van der Waals surface area contributed by atoms with E-state index in [2.05, 4.69) is 20.9 Å². The van der Waals surface area contributed by atoms with Crippen LogP contribution in [-0.2, 0) is 4.79 Å². The predicted molar refractivity (Wildman–Crippen MR) is 132 cm³/mol. The normalized spacial score (nSPS) is 16.0. The summed E-state index contributed by atoms with van der Waals surface area (Å²) in [6.07, 6.45) is 7.09. The quantitative estimate of drug-likeness (QED) is 0.400. The van der Waals surface area contributed by atoms with Gasteiger partial charge in [0, 0.05) is 43.0 Å². The number of aliphatic hydroxyl groups is 1. The number of anilines is 1. The Balaban J connectivity index is 1.21. The molecule has 1 atom stereocenters. The van der Waals surface area contributed by atoms with Gasteiger partial charge in [-0.3, -0.25) is 14.7 Å². The number of carbonyl (C=O) groups excluding carboxylic acids is 3. The van der Waals surface area contributed by atoms with E-state index in [1.54, 1.807) is 33.9 Å². The van der Waals surface area contributed by atoms with E-state index in [4.69, 9.17) is 4.74 Å². The van der Waals surface area contributed by atoms with Crippen LogP contribution in [0, 0.1) is 0 Å². The number of carbonyl (C=O) groups is 3. The first-order valence-corrected chi connectivity index (χ1v) is 12.0. The molecule has 4 N–H and O–H groups in total. The van der Waals surface area contributed by atoms with Crippen molar-refractivity contribution in [2.45, 2.75) is 37.8 Å². The van der Waals surface area contributed by atoms with Gasteiger partial charge in [0.05, 0.1) is 12.1 Å². The lowest BCUT2D eigenvalue weighted by atomic mass is 10.2. The molecule has 1 saturated heterocycles. The second-order valence-corrected chi connectivity index (χ2v) is 8.97. The minimum absolute atomic E-state index is 0.144. The molecule has 1 saturated carbocycles. The maximum Gasteiger partial charge on any atom is 0.326 e. The first kappa shape index (κ1) is 23.6. The fourth-order valence-electron chi connectivity index (χ4n) is 4.17. The number of nitrogens with one attached hydrogen (secondary N) is 3. The third-order valence-electron chi connectivity index (χ3n) is 6.20. The van der Waals surface area contributed by atoms with Gasteiger partial charge in [-0.05, 0) is 56.0 Å². The molecule has 4 amide bonds. The number of urea groups is 1. The fraction of sp³-hybridized carbons (Fsp3) is 0.360. The summed E-state index contributed by atoms with van der Waals surface area (Å²) >= 11 is 0. The minimum Gasteiger partial charge on any atom is -0.457 e. The monoisotopic (exact) mass is 492 g/mol. The third kappa shape index (κ3) is 5.41. The molecule has 0 unspecified atom stereocenters. The summed E-state index contributed by atoms with van der Waals surface area (Å²) in [4.78, 5) is 43.1. The van der Waals surface area contributed by atoms with E-state index in [0.29, 0.717) is 24.6 Å². The SMILES string of the molecule is O=C(Nc1cc(Oc2ccc3c(ccn3C(=O)NC3CC3)c2)ccn1)N[C@H](CO)C(=O)N1CCCC1. The Labute approximate surface area is 207 Å². The third-order valence-corrected chi connectivity index (χ3v) is 6.20. The lowest BCUT2D eigenvalue weighted by Gasteiger charge is -2.22. The van der Waals surface area contributed by atoms with Crippen LogP contribution in [0.1, 0.15) is 25.7 Å². The summed E-state index contributed by atoms with van der Waals surface area (Å²) in [6, 6.07) is 8.90. The maximum absolute atomic E-state index is 12.5. The van der Waals surface area contributed by atoms with Gasteiger partial charge in [-0.2, -0.15) is 0 Å². The molecule has 3 heterocycles. The molecular formula is C25H28N6O5. The van der Waals surface area contributed by atoms with Crippen molar-refractivity contribution < 1.29 is 24.2 Å². The van der Waals surface area contributed by atoms with E-state index >= 15 is 0 Å². The van der Waals surface area contributed by atoms with Gasteiger partial charge < -0.3 is 25.4 Å². The zero-order valence-corrected chi connectivity index (χ0v) is 19.6. The molecule has 2 fully saturated rings. The molecule has 188 valence electrons. The molecule has 11 heteroatoms. The van der Waals surface area contributed by atoms with E-state index in [0.717, 1.165) is 36.6 Å². The molecule has 1 aromatic carbocycles. The van der Waals surface area contributed by atoms with Gasteiger partial charge >= 0.3 is 12.1 Å². The number of pyridine rings is 1. The van der Waals surface area contributed by atoms with Crippen molar-refractivity contribution in [1.29, 1.82) is 0 Å². The Hall–Kier alpha value is -4.12. The molecule has 3 aromatic rings. The number of likely N-dealkylation sites (tertiary alicyclic amines) is 1. The number of rotatable bonds is 7. The van der Waals surface area contributed by atoms with Gasteiger partial charge in [-0.15, -0.1) is 0 Å². The highest BCUT2D eigenvalue weighted by atomic mass is 16.5. The number of hydrogen-bond donors (Lipinski definition) is 4. The van der Waals surface area contributed by atoms with Crippen LogP contribution in [0.3, 0.4) is 0 Å². The smallest absolute Gasteiger partial charge is 0.326 e. The number of ether oxygens (including phenoxy) is 1. The summed E-state index contributed by atoms with van der Waals surface area (Å²) in [5, 5.41) is 18.5. The second-order valence-electron chi connectivity index (χ2n) is 8.97. The standard InChI is InChI=1S/C25H28N6O5/c32-15-20(23(33)30-10-1-2-11-30)28-24(34)29-22-14-19(7-9-26-22)36-18-5-6-21-16(13-18)8-12-31(21)25(35)27-17-3-4-17/h5-9,12-14,17,20,32H,1-4,10-11,15H2,(H,27,35)(H2,26,28,29,34)/t20-/m1/s1. The minimum atomic E-state index is -1.02. The van der Waals surface area contributed by atoms with Crippen molar-refractivity contribution in [2.75, 3.05) is 25.0 Å². The summed E-state index contributed by atoms with van der Waals surface area (Å²) < 4.78 is 7.52. The molecule has 36 heavy (non-hydrogen) atoms. The second kappa shape index (κ2) is 10.2. The maximum atomic E-state index is 12.5. The Morgan fingerprint density at radius 3 is 2.61 bits per heavy atom. The average Bonchev–Trinajstić information content (AvgIpc) is 3.33. The number of fused-ring (bicyclic) bond motifs is 1. The number of hydrogen-bond acceptors (Lipinski definition) is 6. The Morgan fingerprint density at radius 1 is 1.08 bits per heavy atom. The van der Waals surface area contributed by atoms with Gasteiger partial charge in [0.2, 0.25) is 5.91 Å². The number of aliphatic hydroxyl groups excluding tert-OH is 1. The van der Waals surface area contributed by atoms with Crippen molar-refractivity contribution in [3.05, 3.63) is 48.8 Å². The van der Waals surface area contributed by atoms with E-state index in [1.807, 2.05) is 18.2 Å². The molecule has 1 aliphatic heterocycles. The van der Waals surface area contributed by atoms with Crippen LogP contribution in [0.2, 0.25) is 0 Å². The summed E-state index contributed by atoms with van der Waals surface area (Å²) in [5.41, 5.74) is 0.774. The van der Waals surface area contributed by atoms with Gasteiger partial charge in [0.1, 0.15) is 23.4 Å². The fourth-order valence-corrected chi connectivity index (χ4v) is 4.17. The first-order valence-electron chi connectivity index (χ1n) is 12.0. The molecule has 2 aromatic heterocycles. The summed E-state index contributed by atoms with van der Waals surface area (Å²) in [6.45, 7) is 0.763. The van der Waals surface area contributed by atoms with Gasteiger partial charge in [0.15, 0.2) is 0 Å². The van der Waals surface area contributed by atoms with E-state index in [-0.39, 0.29) is 23.8 Å². The zero-order chi connectivity index (χ0) is 25.1. The Kier molecular flexibility index (Phi) is 6.72. The van der Waals surface area contributed by atoms with Crippen LogP contribution in [-0.4, -0.2) is 69.3 Å². The molecular weight excluding hydrogens is 464 g/mol. The van der Waals surface area contributed by atoms with Gasteiger partial charge in [0.25, 0.3) is 0 Å². The molecule has 1 aliphatic carbocycles. The van der Waals surface area contributed by atoms with Crippen molar-refractivity contribution in [1.82, 2.24) is 25.1 Å². The lowest BCUT2D eigenvalue weighted by molar-refractivity contribution is -0.133. The molecule has 2 aliphatic rings. The summed E-state index contributed by atoms with van der Waals surface area (Å²) in [7, 11) is 0. The average molecular weight is 493 g/mol. The van der Waals surface area contributed by atoms with Crippen LogP contribution >= 0.6 is 0 Å². The van der Waals surface area contributed by atoms with Gasteiger partial charge in [-0.1, -0.05) is 0 Å². The van der Waals surface area contributed by atoms with E-state index < -0.39 is 18.7 Å². The van der Waals surface area contributed by atoms with Crippen molar-refractivity contribution in [3.63, 3.8) is 0 Å². The predicted octanol–water partition coefficient (Wildman–Crippen LogP) is 2.65. The first-order chi connectivity index (χ1) is 17.5. The van der Waals surface area contributed by atoms with E-state index in [1.165, 1.54) is 6.20 Å². The molecule has 0 bridgehead atoms. The van der Waals surface area contributed by atoms with Crippen molar-refractivity contribution in [3.8, 4) is 11.5 Å². The number of amides is 4. The zero-order valence-electron chi connectivity index (χ0n) is 19.6. The van der Waals surface area contributed by atoms with Crippen molar-refractivity contribution >= 4 is 34.7 Å². The van der Waals surface area contributed by atoms with Crippen molar-refractivity contribution in [2.24, 2.45) is 0 Å².